The minimum atomic E-state index is -1.20. The molecule has 0 radical (unpaired) electrons. The van der Waals surface area contributed by atoms with Crippen LogP contribution in [-0.4, -0.2) is 11.4 Å². The number of nitriles is 1. The maximum atomic E-state index is 13.4. The summed E-state index contributed by atoms with van der Waals surface area (Å²) in [6.07, 6.45) is 1.26. The highest BCUT2D eigenvalue weighted by Gasteiger charge is 2.33. The number of aliphatic imine (C=N–C) groups is 1. The Balaban J connectivity index is 3.52. The molecule has 0 aromatic rings. The Hall–Kier alpha value is -1.76. The molecule has 0 aromatic heterocycles. The average Bonchev–Trinajstić information content (AvgIpc) is 2.28. The molecule has 0 atom stereocenters. The third kappa shape index (κ3) is 1.94. The van der Waals surface area contributed by atoms with Crippen molar-refractivity contribution in [2.45, 2.75) is 0 Å². The minimum absolute atomic E-state index is 0.712. The van der Waals surface area contributed by atoms with Crippen molar-refractivity contribution in [3.05, 3.63) is 33.2 Å². The fourth-order valence-electron chi connectivity index (χ4n) is 0.894. The molecule has 4 nitrogen and oxygen atoms in total. The monoisotopic (exact) mass is 260 g/mol. The smallest absolute Gasteiger partial charge is 0.203 e. The second kappa shape index (κ2) is 4.84. The van der Waals surface area contributed by atoms with Crippen molar-refractivity contribution >= 4 is 34.6 Å². The van der Waals surface area contributed by atoms with E-state index in [1.54, 1.807) is 0 Å². The molecule has 1 aliphatic carbocycles. The van der Waals surface area contributed by atoms with Crippen molar-refractivity contribution in [3.63, 3.8) is 0 Å². The highest BCUT2D eigenvalue weighted by atomic mass is 35.5. The summed E-state index contributed by atoms with van der Waals surface area (Å²) in [5, 5.41) is 9.72. The lowest BCUT2D eigenvalue weighted by Crippen LogP contribution is -2.16. The van der Waals surface area contributed by atoms with Crippen LogP contribution in [0.4, 0.5) is 8.78 Å². The Morgan fingerprint density at radius 2 is 1.69 bits per heavy atom. The van der Waals surface area contributed by atoms with Gasteiger partial charge in [-0.1, -0.05) is 23.2 Å². The van der Waals surface area contributed by atoms with E-state index in [2.05, 4.69) is 15.0 Å². The van der Waals surface area contributed by atoms with E-state index in [-0.39, 0.29) is 0 Å². The first-order chi connectivity index (χ1) is 7.54. The van der Waals surface area contributed by atoms with Gasteiger partial charge < -0.3 is 0 Å². The number of nitrogens with zero attached hydrogens (tertiary/aromatic N) is 4. The van der Waals surface area contributed by atoms with Gasteiger partial charge in [0.25, 0.3) is 0 Å². The third-order valence-corrected chi connectivity index (χ3v) is 2.22. The molecule has 0 bridgehead atoms. The second-order valence-corrected chi connectivity index (χ2v) is 3.12. The van der Waals surface area contributed by atoms with Crippen molar-refractivity contribution in [1.82, 2.24) is 0 Å². The molecular formula is C8Cl2F2N4. The zero-order chi connectivity index (χ0) is 12.3. The molecule has 0 N–H and O–H groups in total. The van der Waals surface area contributed by atoms with E-state index in [1.165, 1.54) is 6.19 Å². The Morgan fingerprint density at radius 1 is 1.19 bits per heavy atom. The number of hydrogen-bond donors (Lipinski definition) is 0. The highest BCUT2D eigenvalue weighted by molar-refractivity contribution is 6.56. The first-order valence-corrected chi connectivity index (χ1v) is 4.33. The summed E-state index contributed by atoms with van der Waals surface area (Å²) in [4.78, 5) is 5.50. The van der Waals surface area contributed by atoms with Gasteiger partial charge >= 0.3 is 0 Å². The van der Waals surface area contributed by atoms with Gasteiger partial charge in [0.1, 0.15) is 15.8 Å². The topological polar surface area (TPSA) is 52.9 Å². The first-order valence-electron chi connectivity index (χ1n) is 3.57. The Morgan fingerprint density at radius 3 is 2.19 bits per heavy atom. The molecule has 0 saturated carbocycles. The van der Waals surface area contributed by atoms with E-state index < -0.39 is 33.1 Å². The maximum Gasteiger partial charge on any atom is 0.206 e. The zero-order valence-corrected chi connectivity index (χ0v) is 8.81. The van der Waals surface area contributed by atoms with Gasteiger partial charge in [0.05, 0.1) is 5.10 Å². The average molecular weight is 261 g/mol. The van der Waals surface area contributed by atoms with Crippen molar-refractivity contribution in [2.24, 2.45) is 10.1 Å². The second-order valence-electron chi connectivity index (χ2n) is 2.36. The number of hydrogen-bond acceptors (Lipinski definition) is 3. The molecular weight excluding hydrogens is 261 g/mol. The van der Waals surface area contributed by atoms with E-state index >= 15 is 0 Å². The fourth-order valence-corrected chi connectivity index (χ4v) is 1.32. The molecule has 0 spiro atoms. The van der Waals surface area contributed by atoms with Crippen LogP contribution in [0.25, 0.3) is 4.95 Å². The lowest BCUT2D eigenvalue weighted by Gasteiger charge is -2.10. The van der Waals surface area contributed by atoms with Crippen LogP contribution in [0.3, 0.4) is 0 Å². The van der Waals surface area contributed by atoms with Crippen LogP contribution in [0.15, 0.2) is 31.8 Å². The molecule has 0 heterocycles. The predicted molar refractivity (Wildman–Crippen MR) is 55.1 cm³/mol. The van der Waals surface area contributed by atoms with E-state index in [0.29, 0.717) is 0 Å². The summed E-state index contributed by atoms with van der Waals surface area (Å²) in [5.41, 5.74) is -1.42. The molecule has 0 aliphatic heterocycles. The molecule has 0 saturated heterocycles. The summed E-state index contributed by atoms with van der Waals surface area (Å²) in [7, 11) is 0. The third-order valence-electron chi connectivity index (χ3n) is 1.53. The van der Waals surface area contributed by atoms with E-state index in [9.17, 15) is 8.78 Å². The molecule has 1 aliphatic rings. The molecule has 0 aromatic carbocycles. The molecule has 1 rings (SSSR count). The normalized spacial score (nSPS) is 21.4. The molecule has 0 fully saturated rings. The van der Waals surface area contributed by atoms with Gasteiger partial charge in [-0.3, -0.25) is 0 Å². The van der Waals surface area contributed by atoms with E-state index in [0.717, 1.165) is 0 Å². The molecule has 80 valence electrons. The van der Waals surface area contributed by atoms with Gasteiger partial charge in [-0.25, -0.2) is 8.78 Å². The summed E-state index contributed by atoms with van der Waals surface area (Å²) in [5.74, 6) is -2.39. The van der Waals surface area contributed by atoms with Crippen molar-refractivity contribution < 1.29 is 8.78 Å². The molecule has 8 heteroatoms. The van der Waals surface area contributed by atoms with Gasteiger partial charge in [0.2, 0.25) is 11.9 Å². The van der Waals surface area contributed by atoms with Gasteiger partial charge in [-0.05, 0) is 0 Å². The van der Waals surface area contributed by atoms with E-state index in [4.69, 9.17) is 35.0 Å². The van der Waals surface area contributed by atoms with Crippen LogP contribution in [-0.2, 0) is 0 Å². The predicted octanol–water partition coefficient (Wildman–Crippen LogP) is 3.04. The van der Waals surface area contributed by atoms with Crippen molar-refractivity contribution in [3.8, 4) is 6.19 Å². The number of rotatable bonds is 0. The summed E-state index contributed by atoms with van der Waals surface area (Å²) in [6, 6.07) is 0. The van der Waals surface area contributed by atoms with Gasteiger partial charge in [-0.15, -0.1) is 4.95 Å². The van der Waals surface area contributed by atoms with Crippen molar-refractivity contribution in [2.75, 3.05) is 0 Å². The Kier molecular flexibility index (Phi) is 3.73. The number of allylic oxidation sites excluding steroid dienone is 4. The largest absolute Gasteiger partial charge is 0.206 e. The highest BCUT2D eigenvalue weighted by Crippen LogP contribution is 2.32. The zero-order valence-electron chi connectivity index (χ0n) is 7.30. The first kappa shape index (κ1) is 12.3. The number of halogens is 4. The minimum Gasteiger partial charge on any atom is -0.203 e. The lowest BCUT2D eigenvalue weighted by molar-refractivity contribution is 0.658. The van der Waals surface area contributed by atoms with Crippen LogP contribution in [0, 0.1) is 18.0 Å². The summed E-state index contributed by atoms with van der Waals surface area (Å²) in [6.45, 7) is 6.40. The van der Waals surface area contributed by atoms with Gasteiger partial charge in [-0.2, -0.15) is 16.8 Å². The summed E-state index contributed by atoms with van der Waals surface area (Å²) < 4.78 is 26.8. The van der Waals surface area contributed by atoms with Crippen LogP contribution in [0.2, 0.25) is 0 Å². The van der Waals surface area contributed by atoms with E-state index in [1.807, 2.05) is 0 Å². The van der Waals surface area contributed by atoms with Crippen LogP contribution >= 0.6 is 23.2 Å². The van der Waals surface area contributed by atoms with Crippen LogP contribution < -0.4 is 0 Å². The van der Waals surface area contributed by atoms with Gasteiger partial charge in [0.15, 0.2) is 11.7 Å². The van der Waals surface area contributed by atoms with Crippen LogP contribution in [0.5, 0.6) is 0 Å². The SMILES string of the molecule is [C-]#[N+]/N=C1\C(F)=C(Cl)C(=NC#N)C(F)=C1Cl. The molecule has 16 heavy (non-hydrogen) atoms. The van der Waals surface area contributed by atoms with Crippen LogP contribution in [0.1, 0.15) is 0 Å². The molecule has 0 amide bonds. The lowest BCUT2D eigenvalue weighted by atomic mass is 10.1. The summed E-state index contributed by atoms with van der Waals surface area (Å²) >= 11 is 10.8. The Labute approximate surface area is 98.6 Å². The fraction of sp³-hybridized carbons (Fsp3) is 0. The molecule has 0 unspecified atom stereocenters. The van der Waals surface area contributed by atoms with Crippen molar-refractivity contribution in [1.29, 1.82) is 5.26 Å². The Bertz CT molecular complexity index is 467. The maximum absolute atomic E-state index is 13.4. The standard InChI is InChI=1S/C8Cl2F2N4/c1-14-16-8-4(10)5(11)7(15-2-13)3(9)6(8)12/b15-7?,16-8-. The van der Waals surface area contributed by atoms with Gasteiger partial charge in [0, 0.05) is 0 Å². The quantitative estimate of drug-likeness (QED) is 0.286.